The molecule has 0 bridgehead atoms. The van der Waals surface area contributed by atoms with Crippen molar-refractivity contribution in [3.63, 3.8) is 0 Å². The number of methoxy groups -OCH3 is 1. The van der Waals surface area contributed by atoms with Crippen LogP contribution in [0.5, 0.6) is 5.75 Å². The van der Waals surface area contributed by atoms with Crippen LogP contribution in [0.25, 0.3) is 0 Å². The molecule has 1 saturated heterocycles. The van der Waals surface area contributed by atoms with Crippen LogP contribution in [0.4, 0.5) is 0 Å². The van der Waals surface area contributed by atoms with E-state index >= 15 is 0 Å². The minimum absolute atomic E-state index is 0.00339. The second-order valence-electron chi connectivity index (χ2n) is 6.86. The van der Waals surface area contributed by atoms with E-state index in [1.54, 1.807) is 36.3 Å². The number of halogens is 1. The molecule has 158 valence electrons. The van der Waals surface area contributed by atoms with Crippen LogP contribution in [0.3, 0.4) is 0 Å². The van der Waals surface area contributed by atoms with Gasteiger partial charge in [0.05, 0.1) is 22.6 Å². The van der Waals surface area contributed by atoms with Gasteiger partial charge in [-0.25, -0.2) is 8.42 Å². The zero-order valence-corrected chi connectivity index (χ0v) is 18.1. The summed E-state index contributed by atoms with van der Waals surface area (Å²) in [4.78, 5) is 14.2. The average molecular weight is 448 g/mol. The fourth-order valence-corrected chi connectivity index (χ4v) is 5.22. The Morgan fingerprint density at radius 1 is 1.17 bits per heavy atom. The Hall–Kier alpha value is -2.60. The van der Waals surface area contributed by atoms with Gasteiger partial charge in [-0.3, -0.25) is 4.79 Å². The molecule has 7 nitrogen and oxygen atoms in total. The Morgan fingerprint density at radius 2 is 1.87 bits per heavy atom. The lowest BCUT2D eigenvalue weighted by Crippen LogP contribution is -2.50. The van der Waals surface area contributed by atoms with Crippen LogP contribution in [0.1, 0.15) is 17.5 Å². The first-order valence-electron chi connectivity index (χ1n) is 9.46. The highest BCUT2D eigenvalue weighted by Crippen LogP contribution is 2.26. The molecule has 1 heterocycles. The molecule has 1 fully saturated rings. The fraction of sp³-hybridized carbons (Fsp3) is 0.333. The maximum atomic E-state index is 12.9. The van der Waals surface area contributed by atoms with Gasteiger partial charge in [0.15, 0.2) is 0 Å². The summed E-state index contributed by atoms with van der Waals surface area (Å²) < 4.78 is 32.2. The zero-order chi connectivity index (χ0) is 21.7. The smallest absolute Gasteiger partial charge is 0.244 e. The Labute approximate surface area is 181 Å². The van der Waals surface area contributed by atoms with Crippen molar-refractivity contribution in [2.45, 2.75) is 17.7 Å². The molecule has 0 aliphatic carbocycles. The summed E-state index contributed by atoms with van der Waals surface area (Å²) in [6.07, 6.45) is 0.850. The van der Waals surface area contributed by atoms with Crippen molar-refractivity contribution in [2.24, 2.45) is 0 Å². The van der Waals surface area contributed by atoms with Crippen LogP contribution in [0, 0.1) is 11.3 Å². The average Bonchev–Trinajstić information content (AvgIpc) is 2.77. The van der Waals surface area contributed by atoms with Gasteiger partial charge >= 0.3 is 0 Å². The van der Waals surface area contributed by atoms with Crippen molar-refractivity contribution in [3.05, 3.63) is 58.6 Å². The van der Waals surface area contributed by atoms with Crippen LogP contribution in [0.15, 0.2) is 47.4 Å². The third kappa shape index (κ3) is 4.75. The summed E-state index contributed by atoms with van der Waals surface area (Å²) in [6, 6.07) is 13.5. The summed E-state index contributed by atoms with van der Waals surface area (Å²) in [5, 5.41) is 9.69. The van der Waals surface area contributed by atoms with Gasteiger partial charge in [0.2, 0.25) is 15.9 Å². The van der Waals surface area contributed by atoms with Crippen molar-refractivity contribution in [1.82, 2.24) is 9.21 Å². The molecule has 2 aromatic carbocycles. The molecule has 2 aromatic rings. The predicted molar refractivity (Wildman–Crippen MR) is 113 cm³/mol. The lowest BCUT2D eigenvalue weighted by molar-refractivity contribution is -0.132. The topological polar surface area (TPSA) is 90.7 Å². The highest BCUT2D eigenvalue weighted by molar-refractivity contribution is 7.89. The number of carbonyl (C=O) groups is 1. The molecule has 0 atom stereocenters. The molecule has 1 aliphatic rings. The lowest BCUT2D eigenvalue weighted by atomic mass is 10.1. The SMILES string of the molecule is COc1ccc(CCC(=O)N2CCN(S(=O)(=O)c3ccccc3C#N)CC2)cc1Cl. The van der Waals surface area contributed by atoms with E-state index in [2.05, 4.69) is 0 Å². The third-order valence-corrected chi connectivity index (χ3v) is 7.31. The largest absolute Gasteiger partial charge is 0.495 e. The van der Waals surface area contributed by atoms with Crippen LogP contribution >= 0.6 is 11.6 Å². The number of carbonyl (C=O) groups excluding carboxylic acids is 1. The number of hydrogen-bond donors (Lipinski definition) is 0. The number of sulfonamides is 1. The van der Waals surface area contributed by atoms with Crippen molar-refractivity contribution in [2.75, 3.05) is 33.3 Å². The quantitative estimate of drug-likeness (QED) is 0.679. The predicted octanol–water partition coefficient (Wildman–Crippen LogP) is 2.69. The number of nitrogens with zero attached hydrogens (tertiary/aromatic N) is 3. The summed E-state index contributed by atoms with van der Waals surface area (Å²) in [5.74, 6) is 0.554. The number of aryl methyl sites for hydroxylation is 1. The fourth-order valence-electron chi connectivity index (χ4n) is 3.38. The number of rotatable bonds is 6. The summed E-state index contributed by atoms with van der Waals surface area (Å²) >= 11 is 6.12. The van der Waals surface area contributed by atoms with Gasteiger partial charge in [0, 0.05) is 32.6 Å². The summed E-state index contributed by atoms with van der Waals surface area (Å²) in [5.41, 5.74) is 1.05. The maximum Gasteiger partial charge on any atom is 0.244 e. The standard InChI is InChI=1S/C21H22ClN3O4S/c1-29-19-8-6-16(14-18(19)22)7-9-21(26)24-10-12-25(13-11-24)30(27,28)20-5-3-2-4-17(20)15-23/h2-6,8,14H,7,9-13H2,1H3. The second kappa shape index (κ2) is 9.47. The first kappa shape index (κ1) is 22.1. The molecule has 1 aliphatic heterocycles. The lowest BCUT2D eigenvalue weighted by Gasteiger charge is -2.34. The molecule has 0 saturated carbocycles. The van der Waals surface area contributed by atoms with Crippen molar-refractivity contribution >= 4 is 27.5 Å². The van der Waals surface area contributed by atoms with Crippen LogP contribution in [0.2, 0.25) is 5.02 Å². The molecule has 1 amide bonds. The van der Waals surface area contributed by atoms with E-state index in [1.807, 2.05) is 12.1 Å². The number of ether oxygens (including phenoxy) is 1. The van der Waals surface area contributed by atoms with Crippen molar-refractivity contribution < 1.29 is 17.9 Å². The molecule has 0 radical (unpaired) electrons. The van der Waals surface area contributed by atoms with E-state index < -0.39 is 10.0 Å². The Kier molecular flexibility index (Phi) is 6.98. The van der Waals surface area contributed by atoms with E-state index in [-0.39, 0.29) is 29.5 Å². The molecule has 30 heavy (non-hydrogen) atoms. The molecule has 0 aromatic heterocycles. The number of piperazine rings is 1. The van der Waals surface area contributed by atoms with Crippen molar-refractivity contribution in [3.8, 4) is 11.8 Å². The zero-order valence-electron chi connectivity index (χ0n) is 16.5. The van der Waals surface area contributed by atoms with Crippen LogP contribution in [-0.4, -0.2) is 56.8 Å². The van der Waals surface area contributed by atoms with Gasteiger partial charge < -0.3 is 9.64 Å². The van der Waals surface area contributed by atoms with Gasteiger partial charge in [0.25, 0.3) is 0 Å². The normalized spacial score (nSPS) is 14.9. The van der Waals surface area contributed by atoms with E-state index in [9.17, 15) is 18.5 Å². The number of benzene rings is 2. The Bertz CT molecular complexity index is 1070. The maximum absolute atomic E-state index is 12.9. The Morgan fingerprint density at radius 3 is 2.50 bits per heavy atom. The number of hydrogen-bond acceptors (Lipinski definition) is 5. The van der Waals surface area contributed by atoms with Crippen molar-refractivity contribution in [1.29, 1.82) is 5.26 Å². The van der Waals surface area contributed by atoms with Crippen LogP contribution in [-0.2, 0) is 21.2 Å². The molecule has 9 heteroatoms. The first-order chi connectivity index (χ1) is 14.4. The molecular formula is C21H22ClN3O4S. The summed E-state index contributed by atoms with van der Waals surface area (Å²) in [6.45, 7) is 1.02. The van der Waals surface area contributed by atoms with Gasteiger partial charge in [-0.15, -0.1) is 0 Å². The summed E-state index contributed by atoms with van der Waals surface area (Å²) in [7, 11) is -2.23. The van der Waals surface area contributed by atoms with E-state index in [0.717, 1.165) is 5.56 Å². The minimum Gasteiger partial charge on any atom is -0.495 e. The van der Waals surface area contributed by atoms with Gasteiger partial charge in [-0.2, -0.15) is 9.57 Å². The number of nitriles is 1. The van der Waals surface area contributed by atoms with E-state index in [1.165, 1.54) is 16.4 Å². The second-order valence-corrected chi connectivity index (χ2v) is 9.18. The van der Waals surface area contributed by atoms with Gasteiger partial charge in [0.1, 0.15) is 11.8 Å². The molecule has 0 unspecified atom stereocenters. The molecular weight excluding hydrogens is 426 g/mol. The molecule has 0 N–H and O–H groups in total. The van der Waals surface area contributed by atoms with Crippen LogP contribution < -0.4 is 4.74 Å². The third-order valence-electron chi connectivity index (χ3n) is 5.06. The number of amides is 1. The molecule has 0 spiro atoms. The minimum atomic E-state index is -3.77. The monoisotopic (exact) mass is 447 g/mol. The van der Waals surface area contributed by atoms with E-state index in [4.69, 9.17) is 16.3 Å². The van der Waals surface area contributed by atoms with Gasteiger partial charge in [-0.05, 0) is 36.2 Å². The highest BCUT2D eigenvalue weighted by Gasteiger charge is 2.31. The van der Waals surface area contributed by atoms with Gasteiger partial charge in [-0.1, -0.05) is 29.8 Å². The first-order valence-corrected chi connectivity index (χ1v) is 11.3. The van der Waals surface area contributed by atoms with E-state index in [0.29, 0.717) is 36.7 Å². The molecule has 3 rings (SSSR count). The highest BCUT2D eigenvalue weighted by atomic mass is 35.5. The Balaban J connectivity index is 1.58.